The van der Waals surface area contributed by atoms with Crippen LogP contribution in [0.5, 0.6) is 5.75 Å². The third-order valence-electron chi connectivity index (χ3n) is 4.43. The molecule has 102 valence electrons. The molecule has 0 unspecified atom stereocenters. The zero-order chi connectivity index (χ0) is 13.2. The molecular formula is C16H21NO2. The number of fused-ring (bicyclic) bond motifs is 1. The molecule has 0 aromatic heterocycles. The number of phenolic OH excluding ortho intramolecular Hbond substituents is 1. The van der Waals surface area contributed by atoms with Crippen molar-refractivity contribution in [3.05, 3.63) is 29.3 Å². The lowest BCUT2D eigenvalue weighted by molar-refractivity contribution is 0.0746. The number of benzene rings is 1. The molecule has 1 heterocycles. The highest BCUT2D eigenvalue weighted by molar-refractivity contribution is 5.98. The zero-order valence-electron chi connectivity index (χ0n) is 11.3. The van der Waals surface area contributed by atoms with E-state index in [1.54, 1.807) is 12.1 Å². The number of carbonyl (C=O) groups excluding carboxylic acids is 1. The normalized spacial score (nSPS) is 20.4. The van der Waals surface area contributed by atoms with E-state index in [2.05, 4.69) is 0 Å². The molecule has 1 aromatic carbocycles. The molecule has 1 aliphatic carbocycles. The number of hydrogen-bond donors (Lipinski definition) is 1. The van der Waals surface area contributed by atoms with Gasteiger partial charge in [-0.25, -0.2) is 0 Å². The SMILES string of the molecule is O=C1c2cc(O)ccc2CN1CC1CCCCCC1. The second-order valence-electron chi connectivity index (χ2n) is 5.88. The van der Waals surface area contributed by atoms with E-state index in [9.17, 15) is 9.90 Å². The Morgan fingerprint density at radius 3 is 2.63 bits per heavy atom. The minimum absolute atomic E-state index is 0.0927. The van der Waals surface area contributed by atoms with Gasteiger partial charge in [0.15, 0.2) is 0 Å². The van der Waals surface area contributed by atoms with E-state index in [1.807, 2.05) is 11.0 Å². The summed E-state index contributed by atoms with van der Waals surface area (Å²) in [5.41, 5.74) is 1.74. The Kier molecular flexibility index (Phi) is 3.45. The fourth-order valence-electron chi connectivity index (χ4n) is 3.35. The number of rotatable bonds is 2. The average molecular weight is 259 g/mol. The lowest BCUT2D eigenvalue weighted by atomic mass is 10.00. The van der Waals surface area contributed by atoms with E-state index < -0.39 is 0 Å². The highest BCUT2D eigenvalue weighted by Gasteiger charge is 2.29. The predicted octanol–water partition coefficient (Wildman–Crippen LogP) is 3.32. The highest BCUT2D eigenvalue weighted by Crippen LogP contribution is 2.29. The first-order valence-electron chi connectivity index (χ1n) is 7.35. The summed E-state index contributed by atoms with van der Waals surface area (Å²) in [5.74, 6) is 0.938. The molecule has 1 aromatic rings. The molecule has 1 N–H and O–H groups in total. The zero-order valence-corrected chi connectivity index (χ0v) is 11.3. The van der Waals surface area contributed by atoms with Crippen LogP contribution in [0.1, 0.15) is 54.4 Å². The Hall–Kier alpha value is -1.51. The summed E-state index contributed by atoms with van der Waals surface area (Å²) in [6.07, 6.45) is 7.81. The van der Waals surface area contributed by atoms with Gasteiger partial charge in [0.1, 0.15) is 5.75 Å². The third-order valence-corrected chi connectivity index (χ3v) is 4.43. The smallest absolute Gasteiger partial charge is 0.254 e. The maximum Gasteiger partial charge on any atom is 0.254 e. The van der Waals surface area contributed by atoms with Crippen LogP contribution in [0.2, 0.25) is 0 Å². The minimum Gasteiger partial charge on any atom is -0.508 e. The van der Waals surface area contributed by atoms with Crippen LogP contribution in [0, 0.1) is 5.92 Å². The predicted molar refractivity (Wildman–Crippen MR) is 74.0 cm³/mol. The molecule has 1 saturated carbocycles. The van der Waals surface area contributed by atoms with Gasteiger partial charge in [-0.05, 0) is 36.5 Å². The summed E-state index contributed by atoms with van der Waals surface area (Å²) in [6, 6.07) is 5.14. The van der Waals surface area contributed by atoms with Gasteiger partial charge < -0.3 is 10.0 Å². The summed E-state index contributed by atoms with van der Waals surface area (Å²) >= 11 is 0. The molecule has 0 spiro atoms. The van der Waals surface area contributed by atoms with E-state index in [-0.39, 0.29) is 11.7 Å². The van der Waals surface area contributed by atoms with Gasteiger partial charge in [-0.3, -0.25) is 4.79 Å². The number of phenols is 1. The lowest BCUT2D eigenvalue weighted by Crippen LogP contribution is -2.29. The second-order valence-corrected chi connectivity index (χ2v) is 5.88. The Bertz CT molecular complexity index is 476. The van der Waals surface area contributed by atoms with Crippen molar-refractivity contribution in [2.45, 2.75) is 45.1 Å². The molecule has 0 saturated heterocycles. The summed E-state index contributed by atoms with van der Waals surface area (Å²) in [5, 5.41) is 9.49. The molecule has 19 heavy (non-hydrogen) atoms. The Morgan fingerprint density at radius 1 is 1.16 bits per heavy atom. The van der Waals surface area contributed by atoms with E-state index >= 15 is 0 Å². The molecule has 1 amide bonds. The van der Waals surface area contributed by atoms with Gasteiger partial charge >= 0.3 is 0 Å². The van der Waals surface area contributed by atoms with Crippen LogP contribution in [-0.4, -0.2) is 22.5 Å². The monoisotopic (exact) mass is 259 g/mol. The summed E-state index contributed by atoms with van der Waals surface area (Å²) in [7, 11) is 0. The van der Waals surface area contributed by atoms with Crippen molar-refractivity contribution in [2.75, 3.05) is 6.54 Å². The molecule has 1 aliphatic heterocycles. The molecule has 3 heteroatoms. The highest BCUT2D eigenvalue weighted by atomic mass is 16.3. The first-order chi connectivity index (χ1) is 9.24. The van der Waals surface area contributed by atoms with Crippen molar-refractivity contribution in [1.82, 2.24) is 4.90 Å². The number of aromatic hydroxyl groups is 1. The van der Waals surface area contributed by atoms with Crippen molar-refractivity contribution in [2.24, 2.45) is 5.92 Å². The largest absolute Gasteiger partial charge is 0.508 e. The van der Waals surface area contributed by atoms with Gasteiger partial charge in [-0.15, -0.1) is 0 Å². The molecule has 3 nitrogen and oxygen atoms in total. The van der Waals surface area contributed by atoms with Gasteiger partial charge in [0, 0.05) is 18.7 Å². The molecule has 3 rings (SSSR count). The standard InChI is InChI=1S/C16H21NO2/c18-14-8-7-13-11-17(16(19)15(13)9-14)10-12-5-3-1-2-4-6-12/h7-9,12,18H,1-6,10-11H2. The third kappa shape index (κ3) is 2.60. The second kappa shape index (κ2) is 5.24. The van der Waals surface area contributed by atoms with Crippen LogP contribution in [0.3, 0.4) is 0 Å². The Morgan fingerprint density at radius 2 is 1.89 bits per heavy atom. The van der Waals surface area contributed by atoms with Gasteiger partial charge in [0.25, 0.3) is 5.91 Å². The number of nitrogens with zero attached hydrogens (tertiary/aromatic N) is 1. The maximum atomic E-state index is 12.3. The fraction of sp³-hybridized carbons (Fsp3) is 0.562. The van der Waals surface area contributed by atoms with Crippen LogP contribution in [-0.2, 0) is 6.54 Å². The van der Waals surface area contributed by atoms with E-state index in [0.29, 0.717) is 18.0 Å². The van der Waals surface area contributed by atoms with Crippen molar-refractivity contribution in [3.8, 4) is 5.75 Å². The number of carbonyl (C=O) groups is 1. The van der Waals surface area contributed by atoms with Gasteiger partial charge in [0.05, 0.1) is 0 Å². The van der Waals surface area contributed by atoms with E-state index in [1.165, 1.54) is 38.5 Å². The summed E-state index contributed by atoms with van der Waals surface area (Å²) in [4.78, 5) is 14.3. The first kappa shape index (κ1) is 12.5. The van der Waals surface area contributed by atoms with Crippen LogP contribution < -0.4 is 0 Å². The lowest BCUT2D eigenvalue weighted by Gasteiger charge is -2.22. The molecule has 0 radical (unpaired) electrons. The molecule has 0 atom stereocenters. The summed E-state index contributed by atoms with van der Waals surface area (Å²) < 4.78 is 0. The van der Waals surface area contributed by atoms with Crippen LogP contribution in [0.4, 0.5) is 0 Å². The molecule has 2 aliphatic rings. The molecule has 1 fully saturated rings. The summed E-state index contributed by atoms with van der Waals surface area (Å²) in [6.45, 7) is 1.60. The first-order valence-corrected chi connectivity index (χ1v) is 7.35. The van der Waals surface area contributed by atoms with Crippen LogP contribution >= 0.6 is 0 Å². The topological polar surface area (TPSA) is 40.5 Å². The van der Waals surface area contributed by atoms with Gasteiger partial charge in [-0.1, -0.05) is 31.7 Å². The Balaban J connectivity index is 1.69. The molecule has 0 bridgehead atoms. The van der Waals surface area contributed by atoms with E-state index in [4.69, 9.17) is 0 Å². The van der Waals surface area contributed by atoms with Crippen LogP contribution in [0.15, 0.2) is 18.2 Å². The van der Waals surface area contributed by atoms with Gasteiger partial charge in [0.2, 0.25) is 0 Å². The van der Waals surface area contributed by atoms with Crippen LogP contribution in [0.25, 0.3) is 0 Å². The number of amides is 1. The number of hydrogen-bond acceptors (Lipinski definition) is 2. The average Bonchev–Trinajstić information content (AvgIpc) is 2.59. The van der Waals surface area contributed by atoms with Crippen molar-refractivity contribution in [3.63, 3.8) is 0 Å². The maximum absolute atomic E-state index is 12.3. The van der Waals surface area contributed by atoms with Crippen molar-refractivity contribution >= 4 is 5.91 Å². The van der Waals surface area contributed by atoms with E-state index in [0.717, 1.165) is 12.1 Å². The quantitative estimate of drug-likeness (QED) is 0.828. The van der Waals surface area contributed by atoms with Crippen molar-refractivity contribution in [1.29, 1.82) is 0 Å². The van der Waals surface area contributed by atoms with Crippen molar-refractivity contribution < 1.29 is 9.90 Å². The minimum atomic E-state index is 0.0927. The fourth-order valence-corrected chi connectivity index (χ4v) is 3.35. The molecular weight excluding hydrogens is 238 g/mol. The Labute approximate surface area is 114 Å². The van der Waals surface area contributed by atoms with Gasteiger partial charge in [-0.2, -0.15) is 0 Å².